The molecule has 0 amide bonds. The third kappa shape index (κ3) is 4.81. The van der Waals surface area contributed by atoms with Gasteiger partial charge in [0.2, 0.25) is 5.82 Å². The number of hydrogen-bond acceptors (Lipinski definition) is 8. The van der Waals surface area contributed by atoms with Gasteiger partial charge in [0, 0.05) is 17.7 Å². The van der Waals surface area contributed by atoms with E-state index in [9.17, 15) is 28.5 Å². The van der Waals surface area contributed by atoms with Crippen LogP contribution in [0.25, 0.3) is 17.4 Å². The Balaban J connectivity index is 1.61. The molecule has 0 bridgehead atoms. The monoisotopic (exact) mass is 551 g/mol. The number of hydrogen-bond donors (Lipinski definition) is 0. The zero-order chi connectivity index (χ0) is 27.8. The van der Waals surface area contributed by atoms with E-state index < -0.39 is 39.8 Å². The average molecular weight is 552 g/mol. The molecule has 0 radical (unpaired) electrons. The highest BCUT2D eigenvalue weighted by Gasteiger charge is 2.33. The average Bonchev–Trinajstić information content (AvgIpc) is 3.48. The van der Waals surface area contributed by atoms with Crippen LogP contribution in [0.3, 0.4) is 0 Å². The number of fused-ring (bicyclic) bond motifs is 1. The lowest BCUT2D eigenvalue weighted by atomic mass is 9.96. The van der Waals surface area contributed by atoms with Gasteiger partial charge in [0.05, 0.1) is 33.4 Å². The maximum absolute atomic E-state index is 13.7. The largest absolute Gasteiger partial charge is 0.463 e. The minimum Gasteiger partial charge on any atom is -0.463 e. The summed E-state index contributed by atoms with van der Waals surface area (Å²) < 4.78 is 40.0. The molecule has 0 unspecified atom stereocenters. The number of carbonyl (C=O) groups excluding carboxylic acids is 1. The molecule has 0 saturated heterocycles. The molecular weight excluding hydrogens is 532 g/mol. The van der Waals surface area contributed by atoms with Crippen molar-refractivity contribution in [2.75, 3.05) is 6.61 Å². The fourth-order valence-corrected chi connectivity index (χ4v) is 5.30. The maximum atomic E-state index is 13.7. The summed E-state index contributed by atoms with van der Waals surface area (Å²) in [5, 5.41) is 11.1. The Kier molecular flexibility index (Phi) is 6.79. The third-order valence-electron chi connectivity index (χ3n) is 6.03. The number of allylic oxidation sites excluding steroid dienone is 1. The minimum atomic E-state index is -0.968. The van der Waals surface area contributed by atoms with Crippen molar-refractivity contribution in [2.45, 2.75) is 19.9 Å². The highest BCUT2D eigenvalue weighted by atomic mass is 32.1. The van der Waals surface area contributed by atoms with Crippen molar-refractivity contribution >= 4 is 29.1 Å². The molecule has 0 aliphatic carbocycles. The Hall–Kier alpha value is -4.71. The van der Waals surface area contributed by atoms with Crippen LogP contribution in [0, 0.1) is 21.7 Å². The van der Waals surface area contributed by atoms with Gasteiger partial charge in [-0.25, -0.2) is 14.2 Å². The van der Waals surface area contributed by atoms with E-state index in [1.54, 1.807) is 26.0 Å². The summed E-state index contributed by atoms with van der Waals surface area (Å²) >= 11 is 1.07. The van der Waals surface area contributed by atoms with Crippen LogP contribution in [0.15, 0.2) is 80.1 Å². The Labute approximate surface area is 222 Å². The maximum Gasteiger partial charge on any atom is 0.338 e. The zero-order valence-electron chi connectivity index (χ0n) is 20.5. The number of carbonyl (C=O) groups is 1. The number of rotatable bonds is 6. The van der Waals surface area contributed by atoms with Crippen LogP contribution in [0.2, 0.25) is 0 Å². The normalized spacial score (nSPS) is 15.2. The smallest absolute Gasteiger partial charge is 0.338 e. The van der Waals surface area contributed by atoms with E-state index in [0.717, 1.165) is 23.5 Å². The van der Waals surface area contributed by atoms with Crippen LogP contribution < -0.4 is 14.9 Å². The fraction of sp³-hybridized carbons (Fsp3) is 0.148. The van der Waals surface area contributed by atoms with Crippen LogP contribution in [0.1, 0.15) is 31.2 Å². The van der Waals surface area contributed by atoms with Gasteiger partial charge >= 0.3 is 11.7 Å². The van der Waals surface area contributed by atoms with Gasteiger partial charge in [-0.1, -0.05) is 23.5 Å². The van der Waals surface area contributed by atoms with Crippen LogP contribution >= 0.6 is 11.3 Å². The topological polar surface area (TPSA) is 117 Å². The van der Waals surface area contributed by atoms with Crippen LogP contribution in [0.5, 0.6) is 0 Å². The molecule has 198 valence electrons. The third-order valence-corrected chi connectivity index (χ3v) is 7.01. The van der Waals surface area contributed by atoms with Crippen molar-refractivity contribution in [2.24, 2.45) is 4.99 Å². The SMILES string of the molecule is CCOC(=O)C1=C(C)N=c2s/c(=C\c3ccc(-c4ccc(F)c([N+](=O)[O-])c4)o3)c(=O)n2[C@H]1c1ccc(F)cc1. The van der Waals surface area contributed by atoms with E-state index >= 15 is 0 Å². The summed E-state index contributed by atoms with van der Waals surface area (Å²) in [6, 6.07) is 11.1. The summed E-state index contributed by atoms with van der Waals surface area (Å²) in [5.41, 5.74) is 0.175. The van der Waals surface area contributed by atoms with Crippen molar-refractivity contribution in [1.29, 1.82) is 0 Å². The van der Waals surface area contributed by atoms with Crippen molar-refractivity contribution in [3.05, 3.63) is 119 Å². The molecule has 39 heavy (non-hydrogen) atoms. The van der Waals surface area contributed by atoms with E-state index in [1.807, 2.05) is 0 Å². The Morgan fingerprint density at radius 2 is 1.95 bits per heavy atom. The van der Waals surface area contributed by atoms with Gasteiger partial charge in [-0.3, -0.25) is 19.5 Å². The molecule has 5 rings (SSSR count). The van der Waals surface area contributed by atoms with Gasteiger partial charge in [-0.2, -0.15) is 4.39 Å². The number of furan rings is 1. The molecule has 0 saturated carbocycles. The number of nitro groups is 1. The minimum absolute atomic E-state index is 0.119. The molecule has 3 heterocycles. The molecule has 0 spiro atoms. The Morgan fingerprint density at radius 1 is 1.21 bits per heavy atom. The van der Waals surface area contributed by atoms with E-state index in [-0.39, 0.29) is 33.8 Å². The van der Waals surface area contributed by atoms with E-state index in [4.69, 9.17) is 9.15 Å². The van der Waals surface area contributed by atoms with E-state index in [1.165, 1.54) is 41.0 Å². The summed E-state index contributed by atoms with van der Waals surface area (Å²) in [4.78, 5) is 41.6. The van der Waals surface area contributed by atoms with Crippen molar-refractivity contribution in [3.8, 4) is 11.3 Å². The molecule has 1 aliphatic heterocycles. The second kappa shape index (κ2) is 10.2. The zero-order valence-corrected chi connectivity index (χ0v) is 21.3. The summed E-state index contributed by atoms with van der Waals surface area (Å²) in [6.45, 7) is 3.42. The van der Waals surface area contributed by atoms with Crippen molar-refractivity contribution < 1.29 is 27.7 Å². The Bertz CT molecular complexity index is 1840. The molecule has 2 aromatic heterocycles. The van der Waals surface area contributed by atoms with Crippen LogP contribution in [0.4, 0.5) is 14.5 Å². The summed E-state index contributed by atoms with van der Waals surface area (Å²) in [6.07, 6.45) is 1.48. The number of nitrogens with zero attached hydrogens (tertiary/aromatic N) is 3. The van der Waals surface area contributed by atoms with Gasteiger partial charge < -0.3 is 9.15 Å². The first-order valence-electron chi connectivity index (χ1n) is 11.7. The first-order valence-corrected chi connectivity index (χ1v) is 12.5. The molecule has 4 aromatic rings. The quantitative estimate of drug-likeness (QED) is 0.201. The van der Waals surface area contributed by atoms with Crippen molar-refractivity contribution in [1.82, 2.24) is 4.57 Å². The highest BCUT2D eigenvalue weighted by molar-refractivity contribution is 7.07. The fourth-order valence-electron chi connectivity index (χ4n) is 4.27. The molecule has 2 aromatic carbocycles. The first kappa shape index (κ1) is 25.9. The van der Waals surface area contributed by atoms with E-state index in [0.29, 0.717) is 16.1 Å². The number of halogens is 2. The predicted octanol–water partition coefficient (Wildman–Crippen LogP) is 4.24. The summed E-state index contributed by atoms with van der Waals surface area (Å²) in [5.74, 6) is -1.57. The number of aromatic nitrogens is 1. The predicted molar refractivity (Wildman–Crippen MR) is 138 cm³/mol. The number of thiazole rings is 1. The number of ether oxygens (including phenoxy) is 1. The lowest BCUT2D eigenvalue weighted by Gasteiger charge is -2.24. The molecule has 12 heteroatoms. The van der Waals surface area contributed by atoms with Gasteiger partial charge in [0.1, 0.15) is 17.3 Å². The van der Waals surface area contributed by atoms with Gasteiger partial charge in [-0.15, -0.1) is 0 Å². The summed E-state index contributed by atoms with van der Waals surface area (Å²) in [7, 11) is 0. The second-order valence-corrected chi connectivity index (χ2v) is 9.49. The molecule has 0 fully saturated rings. The van der Waals surface area contributed by atoms with Crippen LogP contribution in [-0.2, 0) is 9.53 Å². The lowest BCUT2D eigenvalue weighted by Crippen LogP contribution is -2.39. The van der Waals surface area contributed by atoms with Gasteiger partial charge in [-0.05, 0) is 55.8 Å². The number of benzene rings is 2. The molecular formula is C27H19F2N3O6S. The molecule has 0 N–H and O–H groups in total. The van der Waals surface area contributed by atoms with Crippen molar-refractivity contribution in [3.63, 3.8) is 0 Å². The Morgan fingerprint density at radius 3 is 2.64 bits per heavy atom. The van der Waals surface area contributed by atoms with E-state index in [2.05, 4.69) is 4.99 Å². The van der Waals surface area contributed by atoms with Gasteiger partial charge in [0.25, 0.3) is 5.56 Å². The first-order chi connectivity index (χ1) is 18.7. The standard InChI is InChI=1S/C27H19F2N3O6S/c1-3-37-26(34)23-14(2)30-27-31(24(23)15-4-7-17(28)8-5-15)25(33)22(39-27)13-18-9-11-21(38-18)16-6-10-19(29)20(12-16)32(35)36/h4-13,24H,3H2,1-2H3/b22-13-/t24-/m0/s1. The van der Waals surface area contributed by atoms with Gasteiger partial charge in [0.15, 0.2) is 4.80 Å². The molecule has 9 nitrogen and oxygen atoms in total. The highest BCUT2D eigenvalue weighted by Crippen LogP contribution is 2.31. The second-order valence-electron chi connectivity index (χ2n) is 8.48. The molecule has 1 atom stereocenters. The molecule has 1 aliphatic rings. The lowest BCUT2D eigenvalue weighted by molar-refractivity contribution is -0.387. The van der Waals surface area contributed by atoms with Crippen LogP contribution in [-0.4, -0.2) is 22.1 Å². The number of esters is 1. The number of nitro benzene ring substituents is 1.